The summed E-state index contributed by atoms with van der Waals surface area (Å²) >= 11 is 0. The van der Waals surface area contributed by atoms with Crippen molar-refractivity contribution in [2.75, 3.05) is 19.1 Å². The lowest BCUT2D eigenvalue weighted by atomic mass is 10.1. The van der Waals surface area contributed by atoms with E-state index in [2.05, 4.69) is 9.97 Å². The van der Waals surface area contributed by atoms with E-state index in [4.69, 9.17) is 4.74 Å². The first kappa shape index (κ1) is 15.1. The molecule has 1 amide bonds. The fourth-order valence-corrected chi connectivity index (χ4v) is 2.51. The molecule has 0 aliphatic heterocycles. The zero-order chi connectivity index (χ0) is 16.4. The number of imidazole rings is 1. The van der Waals surface area contributed by atoms with Gasteiger partial charge in [0, 0.05) is 12.7 Å². The molecule has 23 heavy (non-hydrogen) atoms. The fourth-order valence-electron chi connectivity index (χ4n) is 2.51. The Morgan fingerprint density at radius 2 is 1.96 bits per heavy atom. The van der Waals surface area contributed by atoms with Crippen molar-refractivity contribution >= 4 is 22.6 Å². The van der Waals surface area contributed by atoms with E-state index < -0.39 is 0 Å². The van der Waals surface area contributed by atoms with Gasteiger partial charge < -0.3 is 14.6 Å². The molecule has 0 aliphatic carbocycles. The number of benzene rings is 2. The zero-order valence-corrected chi connectivity index (χ0v) is 13.5. The zero-order valence-electron chi connectivity index (χ0n) is 13.5. The Morgan fingerprint density at radius 3 is 2.65 bits per heavy atom. The summed E-state index contributed by atoms with van der Waals surface area (Å²) in [4.78, 5) is 21.7. The molecule has 0 unspecified atom stereocenters. The standard InChI is InChI=1S/C18H19N3O2/c1-12-19-16-9-6-14(11-17(16)20-12)21(2)18(22)10-13-4-7-15(23-3)8-5-13/h4-9,11H,10H2,1-3H3,(H,19,20). The number of aromatic nitrogens is 2. The number of ether oxygens (including phenoxy) is 1. The number of methoxy groups -OCH3 is 1. The Bertz CT molecular complexity index is 837. The van der Waals surface area contributed by atoms with E-state index in [0.717, 1.165) is 33.9 Å². The molecule has 0 atom stereocenters. The van der Waals surface area contributed by atoms with Crippen molar-refractivity contribution in [2.24, 2.45) is 0 Å². The highest BCUT2D eigenvalue weighted by Crippen LogP contribution is 2.21. The number of rotatable bonds is 4. The molecular weight excluding hydrogens is 290 g/mol. The molecule has 0 radical (unpaired) electrons. The van der Waals surface area contributed by atoms with Crippen LogP contribution in [0.3, 0.4) is 0 Å². The number of anilines is 1. The van der Waals surface area contributed by atoms with Crippen molar-refractivity contribution in [2.45, 2.75) is 13.3 Å². The van der Waals surface area contributed by atoms with Crippen LogP contribution in [0.15, 0.2) is 42.5 Å². The molecule has 0 saturated carbocycles. The van der Waals surface area contributed by atoms with Crippen LogP contribution >= 0.6 is 0 Å². The fraction of sp³-hybridized carbons (Fsp3) is 0.222. The highest BCUT2D eigenvalue weighted by Gasteiger charge is 2.13. The summed E-state index contributed by atoms with van der Waals surface area (Å²) in [6, 6.07) is 13.3. The number of hydrogen-bond acceptors (Lipinski definition) is 3. The molecule has 0 spiro atoms. The van der Waals surface area contributed by atoms with Crippen molar-refractivity contribution in [1.29, 1.82) is 0 Å². The number of likely N-dealkylation sites (N-methyl/N-ethyl adjacent to an activating group) is 1. The first-order valence-corrected chi connectivity index (χ1v) is 7.42. The van der Waals surface area contributed by atoms with E-state index in [1.54, 1.807) is 19.1 Å². The minimum absolute atomic E-state index is 0.0331. The predicted molar refractivity (Wildman–Crippen MR) is 90.9 cm³/mol. The Kier molecular flexibility index (Phi) is 4.02. The van der Waals surface area contributed by atoms with Gasteiger partial charge >= 0.3 is 0 Å². The second-order valence-corrected chi connectivity index (χ2v) is 5.50. The van der Waals surface area contributed by atoms with Crippen LogP contribution in [0.5, 0.6) is 5.75 Å². The van der Waals surface area contributed by atoms with E-state index in [1.165, 1.54) is 0 Å². The van der Waals surface area contributed by atoms with E-state index in [9.17, 15) is 4.79 Å². The molecule has 5 heteroatoms. The van der Waals surface area contributed by atoms with Crippen LogP contribution in [-0.2, 0) is 11.2 Å². The molecule has 0 saturated heterocycles. The maximum absolute atomic E-state index is 12.5. The second kappa shape index (κ2) is 6.12. The van der Waals surface area contributed by atoms with Crippen LogP contribution in [0.4, 0.5) is 5.69 Å². The van der Waals surface area contributed by atoms with Gasteiger partial charge in [0.1, 0.15) is 11.6 Å². The first-order valence-electron chi connectivity index (χ1n) is 7.42. The van der Waals surface area contributed by atoms with Crippen molar-refractivity contribution in [1.82, 2.24) is 9.97 Å². The van der Waals surface area contributed by atoms with Crippen molar-refractivity contribution < 1.29 is 9.53 Å². The van der Waals surface area contributed by atoms with Gasteiger partial charge in [0.25, 0.3) is 0 Å². The monoisotopic (exact) mass is 309 g/mol. The quantitative estimate of drug-likeness (QED) is 0.805. The third kappa shape index (κ3) is 3.18. The predicted octanol–water partition coefficient (Wildman–Crippen LogP) is 3.09. The summed E-state index contributed by atoms with van der Waals surface area (Å²) in [6.45, 7) is 1.91. The average molecular weight is 309 g/mol. The molecule has 1 N–H and O–H groups in total. The number of carbonyl (C=O) groups excluding carboxylic acids is 1. The molecule has 1 aromatic heterocycles. The van der Waals surface area contributed by atoms with Crippen molar-refractivity contribution in [3.8, 4) is 5.75 Å². The largest absolute Gasteiger partial charge is 0.497 e. The highest BCUT2D eigenvalue weighted by molar-refractivity contribution is 5.96. The lowest BCUT2D eigenvalue weighted by Crippen LogP contribution is -2.27. The van der Waals surface area contributed by atoms with Gasteiger partial charge in [-0.05, 0) is 42.8 Å². The van der Waals surface area contributed by atoms with E-state index >= 15 is 0 Å². The van der Waals surface area contributed by atoms with E-state index in [0.29, 0.717) is 6.42 Å². The lowest BCUT2D eigenvalue weighted by molar-refractivity contribution is -0.117. The van der Waals surface area contributed by atoms with E-state index in [1.807, 2.05) is 49.4 Å². The van der Waals surface area contributed by atoms with Gasteiger partial charge in [-0.3, -0.25) is 4.79 Å². The minimum Gasteiger partial charge on any atom is -0.497 e. The van der Waals surface area contributed by atoms with Crippen LogP contribution in [0.2, 0.25) is 0 Å². The van der Waals surface area contributed by atoms with Gasteiger partial charge in [0.05, 0.1) is 24.6 Å². The normalized spacial score (nSPS) is 10.7. The number of carbonyl (C=O) groups is 1. The van der Waals surface area contributed by atoms with Gasteiger partial charge in [-0.15, -0.1) is 0 Å². The molecule has 3 rings (SSSR count). The van der Waals surface area contributed by atoms with Crippen LogP contribution in [0.1, 0.15) is 11.4 Å². The number of H-pyrrole nitrogens is 1. The topological polar surface area (TPSA) is 58.2 Å². The highest BCUT2D eigenvalue weighted by atomic mass is 16.5. The number of aromatic amines is 1. The third-order valence-electron chi connectivity index (χ3n) is 3.86. The second-order valence-electron chi connectivity index (χ2n) is 5.50. The van der Waals surface area contributed by atoms with Gasteiger partial charge in [0.15, 0.2) is 0 Å². The van der Waals surface area contributed by atoms with Crippen molar-refractivity contribution in [3.63, 3.8) is 0 Å². The van der Waals surface area contributed by atoms with Gasteiger partial charge in [0.2, 0.25) is 5.91 Å². The van der Waals surface area contributed by atoms with Crippen LogP contribution in [0.25, 0.3) is 11.0 Å². The Hall–Kier alpha value is -2.82. The third-order valence-corrected chi connectivity index (χ3v) is 3.86. The molecule has 1 heterocycles. The van der Waals surface area contributed by atoms with Crippen LogP contribution in [-0.4, -0.2) is 30.0 Å². The molecule has 0 aliphatic rings. The van der Waals surface area contributed by atoms with Crippen molar-refractivity contribution in [3.05, 3.63) is 53.9 Å². The number of nitrogens with zero attached hydrogens (tertiary/aromatic N) is 2. The van der Waals surface area contributed by atoms with Gasteiger partial charge in [-0.25, -0.2) is 4.98 Å². The lowest BCUT2D eigenvalue weighted by Gasteiger charge is -2.17. The van der Waals surface area contributed by atoms with E-state index in [-0.39, 0.29) is 5.91 Å². The minimum atomic E-state index is 0.0331. The average Bonchev–Trinajstić information content (AvgIpc) is 2.93. The summed E-state index contributed by atoms with van der Waals surface area (Å²) in [5.74, 6) is 1.68. The molecule has 0 fully saturated rings. The summed E-state index contributed by atoms with van der Waals surface area (Å²) in [5.41, 5.74) is 3.65. The smallest absolute Gasteiger partial charge is 0.231 e. The Morgan fingerprint density at radius 1 is 1.22 bits per heavy atom. The molecule has 3 aromatic rings. The number of nitrogens with one attached hydrogen (secondary N) is 1. The van der Waals surface area contributed by atoms with Crippen LogP contribution < -0.4 is 9.64 Å². The summed E-state index contributed by atoms with van der Waals surface area (Å²) in [5, 5.41) is 0. The number of fused-ring (bicyclic) bond motifs is 1. The summed E-state index contributed by atoms with van der Waals surface area (Å²) in [7, 11) is 3.41. The van der Waals surface area contributed by atoms with Gasteiger partial charge in [-0.1, -0.05) is 12.1 Å². The molecular formula is C18H19N3O2. The molecule has 118 valence electrons. The first-order chi connectivity index (χ1) is 11.1. The Labute approximate surface area is 134 Å². The molecule has 0 bridgehead atoms. The molecule has 5 nitrogen and oxygen atoms in total. The summed E-state index contributed by atoms with van der Waals surface area (Å²) < 4.78 is 5.13. The maximum Gasteiger partial charge on any atom is 0.231 e. The van der Waals surface area contributed by atoms with Crippen LogP contribution in [0, 0.1) is 6.92 Å². The number of amides is 1. The molecule has 2 aromatic carbocycles. The maximum atomic E-state index is 12.5. The SMILES string of the molecule is COc1ccc(CC(=O)N(C)c2ccc3nc(C)[nH]c3c2)cc1. The van der Waals surface area contributed by atoms with Gasteiger partial charge in [-0.2, -0.15) is 0 Å². The summed E-state index contributed by atoms with van der Waals surface area (Å²) in [6.07, 6.45) is 0.348. The number of aryl methyl sites for hydroxylation is 1. The number of hydrogen-bond donors (Lipinski definition) is 1. The Balaban J connectivity index is 1.76.